The van der Waals surface area contributed by atoms with E-state index in [1.54, 1.807) is 6.07 Å². The molecule has 0 spiro atoms. The monoisotopic (exact) mass is 261 g/mol. The van der Waals surface area contributed by atoms with Gasteiger partial charge >= 0.3 is 0 Å². The van der Waals surface area contributed by atoms with Crippen LogP contribution in [-0.2, 0) is 0 Å². The van der Waals surface area contributed by atoms with E-state index in [4.69, 9.17) is 4.42 Å². The van der Waals surface area contributed by atoms with Crippen LogP contribution in [0.1, 0.15) is 0 Å². The normalized spacial score (nSPS) is 11.4. The van der Waals surface area contributed by atoms with Crippen LogP contribution in [-0.4, -0.2) is 5.11 Å². The van der Waals surface area contributed by atoms with E-state index >= 15 is 0 Å². The largest absolute Gasteiger partial charge is 0.545 e. The van der Waals surface area contributed by atoms with Gasteiger partial charge in [0, 0.05) is 0 Å². The summed E-state index contributed by atoms with van der Waals surface area (Å²) in [5.74, 6) is -0.169. The summed E-state index contributed by atoms with van der Waals surface area (Å²) in [5, 5.41) is 14.5. The van der Waals surface area contributed by atoms with E-state index in [1.807, 2.05) is 36.4 Å². The molecular weight excluding hydrogens is 252 g/mol. The minimum atomic E-state index is -0.671. The summed E-state index contributed by atoms with van der Waals surface area (Å²) < 4.78 is 5.09. The molecule has 96 valence electrons. The Morgan fingerprint density at radius 1 is 0.950 bits per heavy atom. The lowest BCUT2D eigenvalue weighted by Gasteiger charge is -2.13. The molecule has 20 heavy (non-hydrogen) atoms. The van der Waals surface area contributed by atoms with Gasteiger partial charge in [0.25, 0.3) is 0 Å². The van der Waals surface area contributed by atoms with E-state index in [0.29, 0.717) is 11.0 Å². The Hall–Kier alpha value is -2.81. The van der Waals surface area contributed by atoms with Crippen molar-refractivity contribution in [1.29, 1.82) is 0 Å². The molecule has 1 aromatic heterocycles. The maximum Gasteiger partial charge on any atom is 0.245 e. The van der Waals surface area contributed by atoms with Crippen LogP contribution in [0.2, 0.25) is 0 Å². The fourth-order valence-corrected chi connectivity index (χ4v) is 2.61. The van der Waals surface area contributed by atoms with Gasteiger partial charge in [0.2, 0.25) is 5.63 Å². The highest BCUT2D eigenvalue weighted by Gasteiger charge is 2.02. The van der Waals surface area contributed by atoms with E-state index in [2.05, 4.69) is 12.1 Å². The summed E-state index contributed by atoms with van der Waals surface area (Å²) >= 11 is 0. The van der Waals surface area contributed by atoms with Crippen LogP contribution in [0.25, 0.3) is 32.5 Å². The molecule has 4 aromatic rings. The summed E-state index contributed by atoms with van der Waals surface area (Å²) in [6.45, 7) is 0. The molecule has 0 aliphatic rings. The topological polar surface area (TPSA) is 50.4 Å². The predicted molar refractivity (Wildman–Crippen MR) is 78.0 cm³/mol. The highest BCUT2D eigenvalue weighted by Crippen LogP contribution is 2.33. The third-order valence-electron chi connectivity index (χ3n) is 3.51. The molecule has 0 atom stereocenters. The average Bonchev–Trinajstić information content (AvgIpc) is 2.44. The molecule has 0 saturated heterocycles. The fraction of sp³-hybridized carbons (Fsp3) is 0. The van der Waals surface area contributed by atoms with E-state index in [1.165, 1.54) is 0 Å². The molecule has 0 amide bonds. The number of fused-ring (bicyclic) bond motifs is 4. The summed E-state index contributed by atoms with van der Waals surface area (Å²) in [4.78, 5) is 11.3. The van der Waals surface area contributed by atoms with Crippen LogP contribution in [0.4, 0.5) is 0 Å². The molecule has 1 heterocycles. The Labute approximate surface area is 113 Å². The summed E-state index contributed by atoms with van der Waals surface area (Å²) in [6, 6.07) is 17.9. The predicted octanol–water partition coefficient (Wildman–Crippen LogP) is 3.61. The number of hydrogen-bond donors (Lipinski definition) is 1. The van der Waals surface area contributed by atoms with Gasteiger partial charge < -0.3 is 9.52 Å². The molecule has 1 N–H and O–H groups in total. The zero-order valence-electron chi connectivity index (χ0n) is 10.4. The Morgan fingerprint density at radius 2 is 1.70 bits per heavy atom. The highest BCUT2D eigenvalue weighted by molar-refractivity contribution is 6.12. The Bertz CT molecular complexity index is 1030. The van der Waals surface area contributed by atoms with Crippen molar-refractivity contribution in [3.8, 4) is 5.75 Å². The van der Waals surface area contributed by atoms with Crippen molar-refractivity contribution in [3.05, 3.63) is 65.0 Å². The first-order valence-electron chi connectivity index (χ1n) is 6.23. The van der Waals surface area contributed by atoms with E-state index < -0.39 is 5.63 Å². The van der Waals surface area contributed by atoms with Crippen LogP contribution < -0.4 is 5.63 Å². The van der Waals surface area contributed by atoms with E-state index in [9.17, 15) is 9.90 Å². The number of hydrogen-bond acceptors (Lipinski definition) is 3. The third-order valence-corrected chi connectivity index (χ3v) is 3.51. The van der Waals surface area contributed by atoms with Gasteiger partial charge in [0.05, 0.1) is 5.58 Å². The molecule has 0 aliphatic heterocycles. The lowest BCUT2D eigenvalue weighted by Crippen LogP contribution is -1.96. The lowest BCUT2D eigenvalue weighted by atomic mass is 10.0. The second-order valence-corrected chi connectivity index (χ2v) is 4.72. The smallest absolute Gasteiger partial charge is 0.245 e. The van der Waals surface area contributed by atoms with Gasteiger partial charge in [-0.25, -0.2) is 0 Å². The molecule has 0 fully saturated rings. The molecule has 3 nitrogen and oxygen atoms in total. The van der Waals surface area contributed by atoms with Gasteiger partial charge in [-0.05, 0) is 34.0 Å². The number of aromatic hydroxyl groups is 1. The highest BCUT2D eigenvalue weighted by atomic mass is 16.4. The molecule has 4 rings (SSSR count). The van der Waals surface area contributed by atoms with Crippen LogP contribution in [0.5, 0.6) is 5.75 Å². The Balaban J connectivity index is 2.29. The van der Waals surface area contributed by atoms with Crippen LogP contribution in [0, 0.1) is 6.07 Å². The van der Waals surface area contributed by atoms with Gasteiger partial charge in [0.15, 0.2) is 0 Å². The van der Waals surface area contributed by atoms with Crippen molar-refractivity contribution >= 4 is 32.5 Å². The summed E-state index contributed by atoms with van der Waals surface area (Å²) in [7, 11) is 0. The fourth-order valence-electron chi connectivity index (χ4n) is 2.61. The van der Waals surface area contributed by atoms with Crippen LogP contribution in [0.15, 0.2) is 57.7 Å². The Kier molecular flexibility index (Phi) is 2.12. The molecule has 0 unspecified atom stereocenters. The van der Waals surface area contributed by atoms with Crippen molar-refractivity contribution in [2.75, 3.05) is 0 Å². The quantitative estimate of drug-likeness (QED) is 0.228. The molecular formula is C17H9O3-. The van der Waals surface area contributed by atoms with Crippen molar-refractivity contribution in [1.82, 2.24) is 0 Å². The second-order valence-electron chi connectivity index (χ2n) is 4.72. The first kappa shape index (κ1) is 11.1. The van der Waals surface area contributed by atoms with Crippen molar-refractivity contribution in [3.63, 3.8) is 0 Å². The average molecular weight is 261 g/mol. The van der Waals surface area contributed by atoms with Crippen molar-refractivity contribution in [2.24, 2.45) is 0 Å². The summed E-state index contributed by atoms with van der Waals surface area (Å²) in [6.07, 6.45) is 0. The van der Waals surface area contributed by atoms with Crippen molar-refractivity contribution < 1.29 is 9.52 Å². The molecule has 3 aromatic carbocycles. The standard InChI is InChI=1S/C17H9O3/c18-14-9-16(19)20-15-6-5-12-7-10-3-1-2-4-11(10)8-13(12)17(14)15/h1-8,18H/q-1. The van der Waals surface area contributed by atoms with E-state index in [-0.39, 0.29) is 5.75 Å². The maximum atomic E-state index is 11.3. The molecule has 0 aliphatic carbocycles. The number of benzene rings is 3. The zero-order valence-corrected chi connectivity index (χ0v) is 10.4. The minimum Gasteiger partial charge on any atom is -0.545 e. The van der Waals surface area contributed by atoms with Gasteiger partial charge in [-0.3, -0.25) is 4.79 Å². The zero-order chi connectivity index (χ0) is 13.7. The maximum absolute atomic E-state index is 11.3. The molecule has 0 saturated carbocycles. The first-order chi connectivity index (χ1) is 9.72. The molecule has 0 bridgehead atoms. The van der Waals surface area contributed by atoms with E-state index in [0.717, 1.165) is 21.5 Å². The van der Waals surface area contributed by atoms with Crippen LogP contribution in [0.3, 0.4) is 0 Å². The van der Waals surface area contributed by atoms with Gasteiger partial charge in [-0.15, -0.1) is 6.07 Å². The molecule has 3 heteroatoms. The lowest BCUT2D eigenvalue weighted by molar-refractivity contribution is 0.466. The molecule has 0 radical (unpaired) electrons. The Morgan fingerprint density at radius 3 is 2.50 bits per heavy atom. The first-order valence-corrected chi connectivity index (χ1v) is 6.23. The van der Waals surface area contributed by atoms with Crippen molar-refractivity contribution in [2.45, 2.75) is 0 Å². The van der Waals surface area contributed by atoms with Gasteiger partial charge in [0.1, 0.15) is 0 Å². The van der Waals surface area contributed by atoms with Gasteiger partial charge in [-0.1, -0.05) is 47.2 Å². The number of rotatable bonds is 0. The summed E-state index contributed by atoms with van der Waals surface area (Å²) in [5.41, 5.74) is -0.302. The second kappa shape index (κ2) is 3.84. The van der Waals surface area contributed by atoms with Gasteiger partial charge in [-0.2, -0.15) is 0 Å². The third kappa shape index (κ3) is 1.50. The SMILES string of the molecule is O=c1[c-]c(O)c2c(ccc3cc4ccccc4cc32)o1. The minimum absolute atomic E-state index is 0.169. The van der Waals surface area contributed by atoms with Crippen LogP contribution >= 0.6 is 0 Å².